The SMILES string of the molecule is Cc1cc2c(cc1C)CN(c1cccc(C(=O)NN=Cc3ccc(Cl)cc3)c1)C2. The second kappa shape index (κ2) is 8.10. The number of rotatable bonds is 4. The maximum Gasteiger partial charge on any atom is 0.271 e. The molecule has 146 valence electrons. The molecule has 0 aromatic heterocycles. The number of hydrogen-bond acceptors (Lipinski definition) is 3. The number of hydrogen-bond donors (Lipinski definition) is 1. The minimum Gasteiger partial charge on any atom is -0.363 e. The summed E-state index contributed by atoms with van der Waals surface area (Å²) in [5.41, 5.74) is 10.4. The maximum atomic E-state index is 12.5. The standard InChI is InChI=1S/C24H22ClN3O/c1-16-10-20-14-28(15-21(20)11-17(16)2)23-5-3-4-19(12-23)24(29)27-26-13-18-6-8-22(25)9-7-18/h3-13H,14-15H2,1-2H3,(H,27,29). The molecule has 3 aromatic carbocycles. The van der Waals surface area contributed by atoms with Gasteiger partial charge in [0.25, 0.3) is 5.91 Å². The molecule has 0 saturated heterocycles. The topological polar surface area (TPSA) is 44.7 Å². The van der Waals surface area contributed by atoms with Gasteiger partial charge in [-0.1, -0.05) is 41.9 Å². The van der Waals surface area contributed by atoms with Crippen molar-refractivity contribution in [3.8, 4) is 0 Å². The fourth-order valence-corrected chi connectivity index (χ4v) is 3.63. The molecule has 0 unspecified atom stereocenters. The number of halogens is 1. The predicted octanol–water partition coefficient (Wildman–Crippen LogP) is 5.24. The summed E-state index contributed by atoms with van der Waals surface area (Å²) in [5, 5.41) is 4.71. The molecule has 1 heterocycles. The van der Waals surface area contributed by atoms with Crippen LogP contribution in [0.1, 0.15) is 38.2 Å². The lowest BCUT2D eigenvalue weighted by Crippen LogP contribution is -2.19. The lowest BCUT2D eigenvalue weighted by molar-refractivity contribution is 0.0955. The molecule has 1 aliphatic rings. The number of fused-ring (bicyclic) bond motifs is 1. The molecule has 0 aliphatic carbocycles. The highest BCUT2D eigenvalue weighted by Crippen LogP contribution is 2.30. The molecule has 0 radical (unpaired) electrons. The fourth-order valence-electron chi connectivity index (χ4n) is 3.50. The van der Waals surface area contributed by atoms with Crippen molar-refractivity contribution in [1.29, 1.82) is 0 Å². The normalized spacial score (nSPS) is 13.0. The van der Waals surface area contributed by atoms with E-state index in [4.69, 9.17) is 11.6 Å². The van der Waals surface area contributed by atoms with Crippen molar-refractivity contribution in [1.82, 2.24) is 5.43 Å². The van der Waals surface area contributed by atoms with E-state index in [1.54, 1.807) is 24.4 Å². The summed E-state index contributed by atoms with van der Waals surface area (Å²) in [6.07, 6.45) is 1.60. The average molecular weight is 404 g/mol. The molecular formula is C24H22ClN3O. The van der Waals surface area contributed by atoms with Gasteiger partial charge in [-0.2, -0.15) is 5.10 Å². The Balaban J connectivity index is 1.45. The molecule has 0 atom stereocenters. The van der Waals surface area contributed by atoms with E-state index in [-0.39, 0.29) is 5.91 Å². The quantitative estimate of drug-likeness (QED) is 0.478. The summed E-state index contributed by atoms with van der Waals surface area (Å²) in [5.74, 6) is -0.236. The van der Waals surface area contributed by atoms with Gasteiger partial charge in [0.1, 0.15) is 0 Å². The fraction of sp³-hybridized carbons (Fsp3) is 0.167. The zero-order valence-corrected chi connectivity index (χ0v) is 17.2. The van der Waals surface area contributed by atoms with E-state index in [2.05, 4.69) is 41.4 Å². The van der Waals surface area contributed by atoms with Crippen LogP contribution in [0.15, 0.2) is 65.8 Å². The zero-order chi connectivity index (χ0) is 20.4. The van der Waals surface area contributed by atoms with Gasteiger partial charge >= 0.3 is 0 Å². The molecule has 0 fully saturated rings. The smallest absolute Gasteiger partial charge is 0.271 e. The highest BCUT2D eigenvalue weighted by atomic mass is 35.5. The molecule has 4 nitrogen and oxygen atoms in total. The van der Waals surface area contributed by atoms with Crippen molar-refractivity contribution in [2.45, 2.75) is 26.9 Å². The Morgan fingerprint density at radius 1 is 1.00 bits per heavy atom. The largest absolute Gasteiger partial charge is 0.363 e. The Morgan fingerprint density at radius 2 is 1.66 bits per heavy atom. The molecule has 4 rings (SSSR count). The van der Waals surface area contributed by atoms with Crippen LogP contribution < -0.4 is 10.3 Å². The third kappa shape index (κ3) is 4.33. The Kier molecular flexibility index (Phi) is 5.36. The van der Waals surface area contributed by atoms with Crippen LogP contribution in [0.25, 0.3) is 0 Å². The summed E-state index contributed by atoms with van der Waals surface area (Å²) < 4.78 is 0. The first-order valence-electron chi connectivity index (χ1n) is 9.52. The molecule has 0 saturated carbocycles. The van der Waals surface area contributed by atoms with Crippen LogP contribution >= 0.6 is 11.6 Å². The third-order valence-corrected chi connectivity index (χ3v) is 5.51. The molecule has 1 aliphatic heterocycles. The molecule has 0 spiro atoms. The number of anilines is 1. The first-order chi connectivity index (χ1) is 14.0. The van der Waals surface area contributed by atoms with Gasteiger partial charge in [0, 0.05) is 29.4 Å². The van der Waals surface area contributed by atoms with E-state index in [9.17, 15) is 4.79 Å². The van der Waals surface area contributed by atoms with Crippen molar-refractivity contribution in [2.75, 3.05) is 4.90 Å². The van der Waals surface area contributed by atoms with Gasteiger partial charge in [-0.15, -0.1) is 0 Å². The lowest BCUT2D eigenvalue weighted by atomic mass is 10.0. The number of carbonyl (C=O) groups excluding carboxylic acids is 1. The Labute approximate surface area is 175 Å². The van der Waals surface area contributed by atoms with Crippen LogP contribution in [0.4, 0.5) is 5.69 Å². The molecule has 1 amide bonds. The van der Waals surface area contributed by atoms with Gasteiger partial charge < -0.3 is 4.90 Å². The van der Waals surface area contributed by atoms with E-state index in [1.165, 1.54) is 22.3 Å². The lowest BCUT2D eigenvalue weighted by Gasteiger charge is -2.18. The summed E-state index contributed by atoms with van der Waals surface area (Å²) in [6, 6.07) is 19.5. The van der Waals surface area contributed by atoms with E-state index in [0.29, 0.717) is 10.6 Å². The van der Waals surface area contributed by atoms with Crippen LogP contribution in [0, 0.1) is 13.8 Å². The molecule has 5 heteroatoms. The average Bonchev–Trinajstić information content (AvgIpc) is 3.12. The molecular weight excluding hydrogens is 382 g/mol. The molecule has 3 aromatic rings. The van der Waals surface area contributed by atoms with Gasteiger partial charge in [-0.3, -0.25) is 4.79 Å². The summed E-state index contributed by atoms with van der Waals surface area (Å²) >= 11 is 5.87. The number of benzene rings is 3. The summed E-state index contributed by atoms with van der Waals surface area (Å²) in [6.45, 7) is 6.01. The van der Waals surface area contributed by atoms with E-state index < -0.39 is 0 Å². The van der Waals surface area contributed by atoms with Crippen LogP contribution in [-0.4, -0.2) is 12.1 Å². The second-order valence-electron chi connectivity index (χ2n) is 7.36. The van der Waals surface area contributed by atoms with E-state index in [0.717, 1.165) is 24.3 Å². The Hall–Kier alpha value is -3.11. The van der Waals surface area contributed by atoms with Crippen LogP contribution in [0.5, 0.6) is 0 Å². The first-order valence-corrected chi connectivity index (χ1v) is 9.90. The van der Waals surface area contributed by atoms with Gasteiger partial charge in [0.15, 0.2) is 0 Å². The van der Waals surface area contributed by atoms with E-state index in [1.807, 2.05) is 30.3 Å². The van der Waals surface area contributed by atoms with Crippen molar-refractivity contribution >= 4 is 29.4 Å². The Morgan fingerprint density at radius 3 is 2.31 bits per heavy atom. The highest BCUT2D eigenvalue weighted by molar-refractivity contribution is 6.30. The number of nitrogens with zero attached hydrogens (tertiary/aromatic N) is 2. The van der Waals surface area contributed by atoms with Crippen molar-refractivity contribution in [2.24, 2.45) is 5.10 Å². The van der Waals surface area contributed by atoms with Crippen LogP contribution in [0.3, 0.4) is 0 Å². The number of hydrazone groups is 1. The molecule has 1 N–H and O–H groups in total. The number of nitrogens with one attached hydrogen (secondary N) is 1. The highest BCUT2D eigenvalue weighted by Gasteiger charge is 2.20. The van der Waals surface area contributed by atoms with Crippen molar-refractivity contribution < 1.29 is 4.79 Å². The van der Waals surface area contributed by atoms with Crippen molar-refractivity contribution in [3.05, 3.63) is 99.1 Å². The maximum absolute atomic E-state index is 12.5. The summed E-state index contributed by atoms with van der Waals surface area (Å²) in [4.78, 5) is 14.8. The van der Waals surface area contributed by atoms with Crippen LogP contribution in [-0.2, 0) is 13.1 Å². The minimum atomic E-state index is -0.236. The molecule has 29 heavy (non-hydrogen) atoms. The second-order valence-corrected chi connectivity index (χ2v) is 7.80. The van der Waals surface area contributed by atoms with Crippen LogP contribution in [0.2, 0.25) is 5.02 Å². The number of carbonyl (C=O) groups is 1. The predicted molar refractivity (Wildman–Crippen MR) is 119 cm³/mol. The number of amides is 1. The Bertz CT molecular complexity index is 1060. The van der Waals surface area contributed by atoms with E-state index >= 15 is 0 Å². The van der Waals surface area contributed by atoms with Gasteiger partial charge in [0.05, 0.1) is 6.21 Å². The minimum absolute atomic E-state index is 0.236. The van der Waals surface area contributed by atoms with Gasteiger partial charge in [-0.25, -0.2) is 5.43 Å². The van der Waals surface area contributed by atoms with Gasteiger partial charge in [0.2, 0.25) is 0 Å². The third-order valence-electron chi connectivity index (χ3n) is 5.26. The number of aryl methyl sites for hydroxylation is 2. The first kappa shape index (κ1) is 19.2. The molecule has 0 bridgehead atoms. The zero-order valence-electron chi connectivity index (χ0n) is 16.4. The monoisotopic (exact) mass is 403 g/mol. The summed E-state index contributed by atoms with van der Waals surface area (Å²) in [7, 11) is 0. The van der Waals surface area contributed by atoms with Gasteiger partial charge in [-0.05, 0) is 72.0 Å². The van der Waals surface area contributed by atoms with Crippen molar-refractivity contribution in [3.63, 3.8) is 0 Å².